The molecule has 1 aliphatic rings. The SMILES string of the molecule is CCC(C(=O)Nc1nnc(C2CC(=O)N(c3ccc(F)cc3)C2)s1)c1ccccc1. The molecule has 1 aliphatic heterocycles. The van der Waals surface area contributed by atoms with Gasteiger partial charge < -0.3 is 4.90 Å². The monoisotopic (exact) mass is 424 g/mol. The van der Waals surface area contributed by atoms with Gasteiger partial charge in [-0.25, -0.2) is 4.39 Å². The van der Waals surface area contributed by atoms with Gasteiger partial charge in [-0.2, -0.15) is 0 Å². The van der Waals surface area contributed by atoms with Crippen molar-refractivity contribution in [2.24, 2.45) is 0 Å². The quantitative estimate of drug-likeness (QED) is 0.639. The minimum absolute atomic E-state index is 0.0393. The van der Waals surface area contributed by atoms with Crippen LogP contribution in [0, 0.1) is 5.82 Å². The van der Waals surface area contributed by atoms with Crippen LogP contribution in [0.3, 0.4) is 0 Å². The van der Waals surface area contributed by atoms with E-state index in [1.165, 1.54) is 23.5 Å². The fraction of sp³-hybridized carbons (Fsp3) is 0.273. The zero-order valence-corrected chi connectivity index (χ0v) is 17.2. The molecule has 0 saturated carbocycles. The molecule has 0 spiro atoms. The first-order chi connectivity index (χ1) is 14.5. The maximum Gasteiger partial charge on any atom is 0.233 e. The minimum Gasteiger partial charge on any atom is -0.312 e. The molecule has 30 heavy (non-hydrogen) atoms. The number of benzene rings is 2. The standard InChI is InChI=1S/C22H21FN4O2S/c1-2-18(14-6-4-3-5-7-14)20(29)24-22-26-25-21(30-22)15-12-19(28)27(13-15)17-10-8-16(23)9-11-17/h3-11,15,18H,2,12-13H2,1H3,(H,24,26,29). The van der Waals surface area contributed by atoms with E-state index in [2.05, 4.69) is 15.5 Å². The van der Waals surface area contributed by atoms with E-state index in [-0.39, 0.29) is 29.5 Å². The number of nitrogens with one attached hydrogen (secondary N) is 1. The number of rotatable bonds is 6. The Morgan fingerprint density at radius 2 is 1.93 bits per heavy atom. The van der Waals surface area contributed by atoms with Crippen LogP contribution in [0.25, 0.3) is 0 Å². The molecule has 1 N–H and O–H groups in total. The average molecular weight is 425 g/mol. The lowest BCUT2D eigenvalue weighted by molar-refractivity contribution is -0.118. The van der Waals surface area contributed by atoms with E-state index in [1.54, 1.807) is 17.0 Å². The first-order valence-corrected chi connectivity index (χ1v) is 10.6. The van der Waals surface area contributed by atoms with Crippen molar-refractivity contribution in [1.82, 2.24) is 10.2 Å². The molecule has 6 nitrogen and oxygen atoms in total. The molecule has 1 saturated heterocycles. The number of hydrogen-bond donors (Lipinski definition) is 1. The van der Waals surface area contributed by atoms with Crippen LogP contribution in [0.2, 0.25) is 0 Å². The Balaban J connectivity index is 1.43. The highest BCUT2D eigenvalue weighted by Gasteiger charge is 2.34. The second-order valence-electron chi connectivity index (χ2n) is 7.19. The first kappa shape index (κ1) is 20.2. The van der Waals surface area contributed by atoms with Gasteiger partial charge in [-0.15, -0.1) is 10.2 Å². The Kier molecular flexibility index (Phi) is 5.85. The second-order valence-corrected chi connectivity index (χ2v) is 8.20. The van der Waals surface area contributed by atoms with Gasteiger partial charge in [-0.3, -0.25) is 14.9 Å². The fourth-order valence-electron chi connectivity index (χ4n) is 3.64. The third kappa shape index (κ3) is 4.23. The first-order valence-electron chi connectivity index (χ1n) is 9.80. The third-order valence-corrected chi connectivity index (χ3v) is 6.21. The molecule has 0 radical (unpaired) electrons. The highest BCUT2D eigenvalue weighted by atomic mass is 32.1. The third-order valence-electron chi connectivity index (χ3n) is 5.21. The van der Waals surface area contributed by atoms with Crippen molar-refractivity contribution in [2.45, 2.75) is 31.6 Å². The molecule has 3 aromatic rings. The molecule has 1 fully saturated rings. The van der Waals surface area contributed by atoms with Gasteiger partial charge in [-0.1, -0.05) is 48.6 Å². The molecule has 0 aliphatic carbocycles. The zero-order valence-electron chi connectivity index (χ0n) is 16.4. The second kappa shape index (κ2) is 8.71. The number of halogens is 1. The summed E-state index contributed by atoms with van der Waals surface area (Å²) in [6.45, 7) is 2.42. The van der Waals surface area contributed by atoms with E-state index >= 15 is 0 Å². The number of hydrogen-bond acceptors (Lipinski definition) is 5. The van der Waals surface area contributed by atoms with Gasteiger partial charge in [0.05, 0.1) is 5.92 Å². The van der Waals surface area contributed by atoms with Crippen LogP contribution in [-0.4, -0.2) is 28.6 Å². The van der Waals surface area contributed by atoms with E-state index in [1.807, 2.05) is 37.3 Å². The van der Waals surface area contributed by atoms with Crippen molar-refractivity contribution in [2.75, 3.05) is 16.8 Å². The number of amides is 2. The summed E-state index contributed by atoms with van der Waals surface area (Å²) in [5.41, 5.74) is 1.62. The smallest absolute Gasteiger partial charge is 0.233 e. The van der Waals surface area contributed by atoms with E-state index in [0.717, 1.165) is 5.56 Å². The van der Waals surface area contributed by atoms with Gasteiger partial charge in [0.15, 0.2) is 0 Å². The van der Waals surface area contributed by atoms with Crippen molar-refractivity contribution in [3.05, 3.63) is 71.0 Å². The van der Waals surface area contributed by atoms with Gasteiger partial charge in [0.2, 0.25) is 16.9 Å². The van der Waals surface area contributed by atoms with Gasteiger partial charge in [0.1, 0.15) is 10.8 Å². The molecule has 2 atom stereocenters. The Bertz CT molecular complexity index is 1040. The van der Waals surface area contributed by atoms with E-state index in [9.17, 15) is 14.0 Å². The van der Waals surface area contributed by atoms with Crippen LogP contribution in [-0.2, 0) is 9.59 Å². The van der Waals surface area contributed by atoms with Crippen LogP contribution in [0.5, 0.6) is 0 Å². The number of nitrogens with zero attached hydrogens (tertiary/aromatic N) is 3. The highest BCUT2D eigenvalue weighted by Crippen LogP contribution is 2.34. The number of carbonyl (C=O) groups is 2. The average Bonchev–Trinajstić information content (AvgIpc) is 3.36. The van der Waals surface area contributed by atoms with Crippen LogP contribution in [0.4, 0.5) is 15.2 Å². The molecule has 154 valence electrons. The van der Waals surface area contributed by atoms with Gasteiger partial charge in [0, 0.05) is 24.6 Å². The lowest BCUT2D eigenvalue weighted by atomic mass is 9.96. The largest absolute Gasteiger partial charge is 0.312 e. The fourth-order valence-corrected chi connectivity index (χ4v) is 4.48. The summed E-state index contributed by atoms with van der Waals surface area (Å²) in [6, 6.07) is 15.5. The van der Waals surface area contributed by atoms with E-state index in [4.69, 9.17) is 0 Å². The van der Waals surface area contributed by atoms with Gasteiger partial charge in [0.25, 0.3) is 0 Å². The van der Waals surface area contributed by atoms with Crippen LogP contribution < -0.4 is 10.2 Å². The van der Waals surface area contributed by atoms with Crippen molar-refractivity contribution < 1.29 is 14.0 Å². The summed E-state index contributed by atoms with van der Waals surface area (Å²) < 4.78 is 13.2. The van der Waals surface area contributed by atoms with E-state index in [0.29, 0.717) is 35.2 Å². The molecule has 2 heterocycles. The molecule has 2 amide bonds. The molecule has 2 aromatic carbocycles. The lowest BCUT2D eigenvalue weighted by Gasteiger charge is -2.16. The summed E-state index contributed by atoms with van der Waals surface area (Å²) in [7, 11) is 0. The predicted octanol–water partition coefficient (Wildman–Crippen LogP) is 4.33. The van der Waals surface area contributed by atoms with Crippen molar-refractivity contribution in [3.8, 4) is 0 Å². The Labute approximate surface area is 177 Å². The molecular weight excluding hydrogens is 403 g/mol. The maximum absolute atomic E-state index is 13.2. The van der Waals surface area contributed by atoms with Crippen molar-refractivity contribution in [1.29, 1.82) is 0 Å². The summed E-state index contributed by atoms with van der Waals surface area (Å²) in [4.78, 5) is 26.8. The summed E-state index contributed by atoms with van der Waals surface area (Å²) in [6.07, 6.45) is 0.979. The molecule has 8 heteroatoms. The van der Waals surface area contributed by atoms with Crippen LogP contribution in [0.15, 0.2) is 54.6 Å². The zero-order chi connectivity index (χ0) is 21.1. The number of anilines is 2. The predicted molar refractivity (Wildman–Crippen MR) is 114 cm³/mol. The molecule has 2 unspecified atom stereocenters. The Morgan fingerprint density at radius 1 is 1.20 bits per heavy atom. The Morgan fingerprint density at radius 3 is 2.63 bits per heavy atom. The summed E-state index contributed by atoms with van der Waals surface area (Å²) in [5.74, 6) is -0.876. The van der Waals surface area contributed by atoms with Crippen LogP contribution in [0.1, 0.15) is 42.2 Å². The normalized spacial score (nSPS) is 17.2. The van der Waals surface area contributed by atoms with Crippen molar-refractivity contribution in [3.63, 3.8) is 0 Å². The molecule has 4 rings (SSSR count). The maximum atomic E-state index is 13.2. The topological polar surface area (TPSA) is 75.2 Å². The van der Waals surface area contributed by atoms with Crippen LogP contribution >= 0.6 is 11.3 Å². The van der Waals surface area contributed by atoms with E-state index < -0.39 is 0 Å². The van der Waals surface area contributed by atoms with Gasteiger partial charge >= 0.3 is 0 Å². The summed E-state index contributed by atoms with van der Waals surface area (Å²) >= 11 is 1.29. The molecular formula is C22H21FN4O2S. The van der Waals surface area contributed by atoms with Gasteiger partial charge in [-0.05, 0) is 36.2 Å². The Hall–Kier alpha value is -3.13. The lowest BCUT2D eigenvalue weighted by Crippen LogP contribution is -2.24. The minimum atomic E-state index is -0.340. The highest BCUT2D eigenvalue weighted by molar-refractivity contribution is 7.15. The number of carbonyl (C=O) groups excluding carboxylic acids is 2. The summed E-state index contributed by atoms with van der Waals surface area (Å²) in [5, 5.41) is 12.3. The number of aromatic nitrogens is 2. The molecule has 0 bridgehead atoms. The van der Waals surface area contributed by atoms with Crippen molar-refractivity contribution >= 4 is 34.0 Å². The molecule has 1 aromatic heterocycles.